The van der Waals surface area contributed by atoms with Gasteiger partial charge in [-0.2, -0.15) is 0 Å². The van der Waals surface area contributed by atoms with E-state index >= 15 is 0 Å². The van der Waals surface area contributed by atoms with Crippen LogP contribution in [0.2, 0.25) is 0 Å². The molecule has 0 fully saturated rings. The summed E-state index contributed by atoms with van der Waals surface area (Å²) in [6, 6.07) is 10.5. The maximum atomic E-state index is 5.71. The van der Waals surface area contributed by atoms with Gasteiger partial charge in [0, 0.05) is 12.8 Å². The number of para-hydroxylation sites is 1. The molecule has 1 aromatic heterocycles. The second-order valence-electron chi connectivity index (χ2n) is 3.75. The van der Waals surface area contributed by atoms with Gasteiger partial charge in [-0.05, 0) is 30.9 Å². The van der Waals surface area contributed by atoms with Crippen molar-refractivity contribution in [3.63, 3.8) is 0 Å². The van der Waals surface area contributed by atoms with Crippen LogP contribution in [0.4, 0.5) is 0 Å². The molecule has 0 bridgehead atoms. The average molecular weight is 203 g/mol. The molecule has 0 N–H and O–H groups in total. The van der Waals surface area contributed by atoms with Gasteiger partial charge in [0.05, 0.1) is 5.52 Å². The molecule has 0 radical (unpaired) electrons. The summed E-state index contributed by atoms with van der Waals surface area (Å²) in [6.07, 6.45) is 3.26. The predicted octanol–water partition coefficient (Wildman–Crippen LogP) is 3.59. The molecule has 2 rings (SSSR count). The van der Waals surface area contributed by atoms with Crippen molar-refractivity contribution in [1.82, 2.24) is 4.57 Å². The van der Waals surface area contributed by atoms with Gasteiger partial charge in [0.15, 0.2) is 0 Å². The fraction of sp³-hybridized carbons (Fsp3) is 0.385. The van der Waals surface area contributed by atoms with Crippen LogP contribution in [-0.4, -0.2) is 11.2 Å². The summed E-state index contributed by atoms with van der Waals surface area (Å²) in [5.41, 5.74) is 1.24. The van der Waals surface area contributed by atoms with Crippen molar-refractivity contribution in [3.05, 3.63) is 36.5 Å². The quantitative estimate of drug-likeness (QED) is 0.740. The van der Waals surface area contributed by atoms with Crippen LogP contribution in [-0.2, 0) is 4.74 Å². The van der Waals surface area contributed by atoms with Gasteiger partial charge >= 0.3 is 0 Å². The molecule has 80 valence electrons. The molecule has 2 heteroatoms. The summed E-state index contributed by atoms with van der Waals surface area (Å²) >= 11 is 0. The van der Waals surface area contributed by atoms with Crippen molar-refractivity contribution in [2.24, 2.45) is 0 Å². The smallest absolute Gasteiger partial charge is 0.131 e. The number of nitrogens with zero attached hydrogens (tertiary/aromatic N) is 1. The minimum atomic E-state index is 0.116. The van der Waals surface area contributed by atoms with Gasteiger partial charge in [-0.25, -0.2) is 0 Å². The molecule has 0 saturated carbocycles. The molecule has 1 atom stereocenters. The molecule has 1 heterocycles. The van der Waals surface area contributed by atoms with E-state index < -0.39 is 0 Å². The molecular formula is C13H17NO. The first kappa shape index (κ1) is 10.2. The molecule has 1 unspecified atom stereocenters. The Kier molecular flexibility index (Phi) is 3.07. The summed E-state index contributed by atoms with van der Waals surface area (Å²) in [7, 11) is 0. The van der Waals surface area contributed by atoms with Gasteiger partial charge in [-0.3, -0.25) is 0 Å². The second kappa shape index (κ2) is 4.49. The summed E-state index contributed by atoms with van der Waals surface area (Å²) in [4.78, 5) is 0. The van der Waals surface area contributed by atoms with Crippen LogP contribution in [0.3, 0.4) is 0 Å². The Morgan fingerprint density at radius 1 is 1.27 bits per heavy atom. The first-order valence-corrected chi connectivity index (χ1v) is 5.50. The van der Waals surface area contributed by atoms with Crippen LogP contribution in [0.5, 0.6) is 0 Å². The van der Waals surface area contributed by atoms with E-state index in [-0.39, 0.29) is 6.23 Å². The van der Waals surface area contributed by atoms with Crippen molar-refractivity contribution < 1.29 is 4.74 Å². The molecule has 0 aliphatic heterocycles. The zero-order valence-corrected chi connectivity index (χ0v) is 9.31. The van der Waals surface area contributed by atoms with Gasteiger partial charge < -0.3 is 9.30 Å². The molecular weight excluding hydrogens is 186 g/mol. The van der Waals surface area contributed by atoms with E-state index in [1.165, 1.54) is 10.9 Å². The van der Waals surface area contributed by atoms with E-state index in [0.717, 1.165) is 13.0 Å². The standard InChI is InChI=1S/C13H17NO/c1-3-10-15-11(2)14-9-8-12-6-4-5-7-13(12)14/h4-9,11H,3,10H2,1-2H3. The fourth-order valence-electron chi connectivity index (χ4n) is 1.79. The summed E-state index contributed by atoms with van der Waals surface area (Å²) in [5, 5.41) is 1.27. The Labute approximate surface area is 90.5 Å². The lowest BCUT2D eigenvalue weighted by atomic mass is 10.2. The van der Waals surface area contributed by atoms with E-state index in [1.807, 2.05) is 0 Å². The zero-order valence-electron chi connectivity index (χ0n) is 9.31. The Balaban J connectivity index is 2.27. The maximum Gasteiger partial charge on any atom is 0.131 e. The predicted molar refractivity (Wildman–Crippen MR) is 62.9 cm³/mol. The molecule has 2 nitrogen and oxygen atoms in total. The Bertz CT molecular complexity index is 433. The highest BCUT2D eigenvalue weighted by Gasteiger charge is 2.06. The summed E-state index contributed by atoms with van der Waals surface area (Å²) < 4.78 is 7.88. The largest absolute Gasteiger partial charge is 0.358 e. The Morgan fingerprint density at radius 2 is 2.07 bits per heavy atom. The highest BCUT2D eigenvalue weighted by atomic mass is 16.5. The Hall–Kier alpha value is -1.28. The minimum absolute atomic E-state index is 0.116. The molecule has 0 amide bonds. The summed E-state index contributed by atoms with van der Waals surface area (Å²) in [5.74, 6) is 0. The van der Waals surface area contributed by atoms with Crippen molar-refractivity contribution in [2.75, 3.05) is 6.61 Å². The highest BCUT2D eigenvalue weighted by Crippen LogP contribution is 2.20. The van der Waals surface area contributed by atoms with Gasteiger partial charge in [-0.15, -0.1) is 0 Å². The third-order valence-corrected chi connectivity index (χ3v) is 2.58. The van der Waals surface area contributed by atoms with E-state index in [0.29, 0.717) is 0 Å². The fourth-order valence-corrected chi connectivity index (χ4v) is 1.79. The third kappa shape index (κ3) is 2.05. The van der Waals surface area contributed by atoms with E-state index in [1.54, 1.807) is 0 Å². The van der Waals surface area contributed by atoms with E-state index in [9.17, 15) is 0 Å². The van der Waals surface area contributed by atoms with Crippen molar-refractivity contribution in [3.8, 4) is 0 Å². The SMILES string of the molecule is CCCOC(C)n1ccc2ccccc21. The highest BCUT2D eigenvalue weighted by molar-refractivity contribution is 5.79. The molecule has 0 aliphatic rings. The lowest BCUT2D eigenvalue weighted by Crippen LogP contribution is -2.08. The van der Waals surface area contributed by atoms with Crippen molar-refractivity contribution in [2.45, 2.75) is 26.5 Å². The van der Waals surface area contributed by atoms with Gasteiger partial charge in [0.2, 0.25) is 0 Å². The first-order valence-electron chi connectivity index (χ1n) is 5.50. The summed E-state index contributed by atoms with van der Waals surface area (Å²) in [6.45, 7) is 5.02. The lowest BCUT2D eigenvalue weighted by Gasteiger charge is -2.15. The minimum Gasteiger partial charge on any atom is -0.358 e. The first-order chi connectivity index (χ1) is 7.33. The number of fused-ring (bicyclic) bond motifs is 1. The van der Waals surface area contributed by atoms with Gasteiger partial charge in [0.1, 0.15) is 6.23 Å². The number of hydrogen-bond donors (Lipinski definition) is 0. The van der Waals surface area contributed by atoms with E-state index in [4.69, 9.17) is 4.74 Å². The van der Waals surface area contributed by atoms with Gasteiger partial charge in [0.25, 0.3) is 0 Å². The number of rotatable bonds is 4. The average Bonchev–Trinajstić information content (AvgIpc) is 2.69. The number of aromatic nitrogens is 1. The number of ether oxygens (including phenoxy) is 1. The van der Waals surface area contributed by atoms with Crippen LogP contribution in [0, 0.1) is 0 Å². The van der Waals surface area contributed by atoms with Crippen LogP contribution in [0.15, 0.2) is 36.5 Å². The molecule has 1 aromatic carbocycles. The molecule has 0 spiro atoms. The number of benzene rings is 1. The van der Waals surface area contributed by atoms with Gasteiger partial charge in [-0.1, -0.05) is 25.1 Å². The third-order valence-electron chi connectivity index (χ3n) is 2.58. The Morgan fingerprint density at radius 3 is 2.87 bits per heavy atom. The molecule has 2 aromatic rings. The molecule has 0 aliphatic carbocycles. The zero-order chi connectivity index (χ0) is 10.7. The van der Waals surface area contributed by atoms with Crippen LogP contribution >= 0.6 is 0 Å². The van der Waals surface area contributed by atoms with E-state index in [2.05, 4.69) is 54.9 Å². The van der Waals surface area contributed by atoms with Crippen LogP contribution in [0.25, 0.3) is 10.9 Å². The van der Waals surface area contributed by atoms with Crippen LogP contribution < -0.4 is 0 Å². The van der Waals surface area contributed by atoms with Crippen molar-refractivity contribution >= 4 is 10.9 Å². The maximum absolute atomic E-state index is 5.71. The van der Waals surface area contributed by atoms with Crippen molar-refractivity contribution in [1.29, 1.82) is 0 Å². The second-order valence-corrected chi connectivity index (χ2v) is 3.75. The monoisotopic (exact) mass is 203 g/mol. The van der Waals surface area contributed by atoms with Crippen LogP contribution in [0.1, 0.15) is 26.5 Å². The molecule has 15 heavy (non-hydrogen) atoms. The number of hydrogen-bond acceptors (Lipinski definition) is 1. The topological polar surface area (TPSA) is 14.2 Å². The lowest BCUT2D eigenvalue weighted by molar-refractivity contribution is 0.0198. The molecule has 0 saturated heterocycles. The normalized spacial score (nSPS) is 13.2.